The monoisotopic (exact) mass is 276 g/mol. The number of hydrogen-bond acceptors (Lipinski definition) is 2. The molecule has 0 amide bonds. The SMILES string of the molecule is CC(=O)[C@H]1CCC[C@H]2[C@@H]3CCC(=O)[C@H](C)[C@H]3CC[C@]12C. The Morgan fingerprint density at radius 3 is 2.60 bits per heavy atom. The molecule has 0 bridgehead atoms. The highest BCUT2D eigenvalue weighted by atomic mass is 16.1. The fourth-order valence-corrected chi connectivity index (χ4v) is 5.99. The number of fused-ring (bicyclic) bond motifs is 3. The molecule has 3 saturated carbocycles. The highest BCUT2D eigenvalue weighted by Crippen LogP contribution is 2.60. The summed E-state index contributed by atoms with van der Waals surface area (Å²) in [6.45, 7) is 6.31. The first-order valence-electron chi connectivity index (χ1n) is 8.48. The zero-order valence-electron chi connectivity index (χ0n) is 13.2. The summed E-state index contributed by atoms with van der Waals surface area (Å²) in [4.78, 5) is 24.1. The second-order valence-corrected chi connectivity index (χ2v) is 7.87. The maximum absolute atomic E-state index is 12.1. The smallest absolute Gasteiger partial charge is 0.135 e. The minimum atomic E-state index is 0.214. The van der Waals surface area contributed by atoms with Crippen LogP contribution in [0.25, 0.3) is 0 Å². The predicted molar refractivity (Wildman–Crippen MR) is 79.2 cm³/mol. The van der Waals surface area contributed by atoms with Crippen LogP contribution in [0.4, 0.5) is 0 Å². The molecular formula is C18H28O2. The van der Waals surface area contributed by atoms with Crippen LogP contribution in [-0.2, 0) is 9.59 Å². The molecule has 0 radical (unpaired) electrons. The predicted octanol–water partition coefficient (Wildman–Crippen LogP) is 4.02. The van der Waals surface area contributed by atoms with E-state index < -0.39 is 0 Å². The number of carbonyl (C=O) groups excluding carboxylic acids is 2. The van der Waals surface area contributed by atoms with E-state index in [2.05, 4.69) is 13.8 Å². The van der Waals surface area contributed by atoms with Gasteiger partial charge in [0, 0.05) is 18.3 Å². The molecule has 0 spiro atoms. The molecule has 0 unspecified atom stereocenters. The van der Waals surface area contributed by atoms with E-state index in [1.807, 2.05) is 0 Å². The Morgan fingerprint density at radius 1 is 1.15 bits per heavy atom. The lowest BCUT2D eigenvalue weighted by Crippen LogP contribution is -2.53. The summed E-state index contributed by atoms with van der Waals surface area (Å²) < 4.78 is 0. The summed E-state index contributed by atoms with van der Waals surface area (Å²) in [6, 6.07) is 0. The molecule has 0 N–H and O–H groups in total. The molecular weight excluding hydrogens is 248 g/mol. The molecule has 0 aromatic heterocycles. The Hall–Kier alpha value is -0.660. The molecule has 0 aromatic carbocycles. The van der Waals surface area contributed by atoms with Gasteiger partial charge in [-0.25, -0.2) is 0 Å². The molecule has 6 atom stereocenters. The van der Waals surface area contributed by atoms with Gasteiger partial charge in [-0.1, -0.05) is 20.3 Å². The Balaban J connectivity index is 1.89. The van der Waals surface area contributed by atoms with Crippen LogP contribution < -0.4 is 0 Å². The molecule has 20 heavy (non-hydrogen) atoms. The van der Waals surface area contributed by atoms with E-state index in [1.54, 1.807) is 6.92 Å². The van der Waals surface area contributed by atoms with E-state index in [0.717, 1.165) is 32.1 Å². The molecule has 3 aliphatic rings. The van der Waals surface area contributed by atoms with Crippen molar-refractivity contribution in [3.05, 3.63) is 0 Å². The maximum Gasteiger partial charge on any atom is 0.135 e. The zero-order valence-corrected chi connectivity index (χ0v) is 13.2. The zero-order chi connectivity index (χ0) is 14.5. The van der Waals surface area contributed by atoms with Crippen molar-refractivity contribution in [2.75, 3.05) is 0 Å². The van der Waals surface area contributed by atoms with E-state index in [4.69, 9.17) is 0 Å². The molecule has 3 rings (SSSR count). The van der Waals surface area contributed by atoms with Crippen molar-refractivity contribution < 1.29 is 9.59 Å². The largest absolute Gasteiger partial charge is 0.300 e. The van der Waals surface area contributed by atoms with Gasteiger partial charge in [0.05, 0.1) is 0 Å². The number of Topliss-reactive ketones (excluding diaryl/α,β-unsaturated/α-hetero) is 2. The summed E-state index contributed by atoms with van der Waals surface area (Å²) in [5.41, 5.74) is 0.214. The summed E-state index contributed by atoms with van der Waals surface area (Å²) in [5.74, 6) is 3.39. The summed E-state index contributed by atoms with van der Waals surface area (Å²) in [6.07, 6.45) is 7.75. The third-order valence-electron chi connectivity index (χ3n) is 7.10. The minimum Gasteiger partial charge on any atom is -0.300 e. The lowest BCUT2D eigenvalue weighted by Gasteiger charge is -2.57. The van der Waals surface area contributed by atoms with E-state index in [1.165, 1.54) is 12.8 Å². The molecule has 0 aliphatic heterocycles. The number of carbonyl (C=O) groups is 2. The molecule has 3 fully saturated rings. The number of ketones is 2. The van der Waals surface area contributed by atoms with E-state index >= 15 is 0 Å². The van der Waals surface area contributed by atoms with Crippen molar-refractivity contribution >= 4 is 11.6 Å². The van der Waals surface area contributed by atoms with Gasteiger partial charge in [-0.05, 0) is 62.2 Å². The van der Waals surface area contributed by atoms with Crippen LogP contribution >= 0.6 is 0 Å². The van der Waals surface area contributed by atoms with Gasteiger partial charge >= 0.3 is 0 Å². The van der Waals surface area contributed by atoms with Crippen molar-refractivity contribution in [1.29, 1.82) is 0 Å². The van der Waals surface area contributed by atoms with Gasteiger partial charge in [-0.15, -0.1) is 0 Å². The number of rotatable bonds is 1. The van der Waals surface area contributed by atoms with Gasteiger partial charge in [0.25, 0.3) is 0 Å². The molecule has 2 nitrogen and oxygen atoms in total. The second-order valence-electron chi connectivity index (χ2n) is 7.87. The van der Waals surface area contributed by atoms with Gasteiger partial charge in [0.2, 0.25) is 0 Å². The van der Waals surface area contributed by atoms with Crippen molar-refractivity contribution in [3.63, 3.8) is 0 Å². The lowest BCUT2D eigenvalue weighted by atomic mass is 9.47. The van der Waals surface area contributed by atoms with Crippen molar-refractivity contribution in [2.45, 2.75) is 65.7 Å². The lowest BCUT2D eigenvalue weighted by molar-refractivity contribution is -0.145. The van der Waals surface area contributed by atoms with Gasteiger partial charge in [-0.2, -0.15) is 0 Å². The topological polar surface area (TPSA) is 34.1 Å². The Bertz CT molecular complexity index is 427. The summed E-state index contributed by atoms with van der Waals surface area (Å²) in [7, 11) is 0. The molecule has 3 aliphatic carbocycles. The minimum absolute atomic E-state index is 0.214. The third kappa shape index (κ3) is 1.98. The molecule has 0 aromatic rings. The van der Waals surface area contributed by atoms with Crippen molar-refractivity contribution in [3.8, 4) is 0 Å². The standard InChI is InChI=1S/C18H28O2/c1-11-13-9-10-18(3)15(12(2)19)5-4-6-16(18)14(13)7-8-17(11)20/h11,13-16H,4-10H2,1-3H3/t11-,13-,14-,15-,16+,18-/m1/s1. The molecule has 2 heteroatoms. The first-order chi connectivity index (χ1) is 9.45. The Labute approximate surface area is 122 Å². The van der Waals surface area contributed by atoms with Gasteiger partial charge in [0.1, 0.15) is 11.6 Å². The average Bonchev–Trinajstić information content (AvgIpc) is 2.41. The van der Waals surface area contributed by atoms with E-state index in [-0.39, 0.29) is 17.3 Å². The van der Waals surface area contributed by atoms with Crippen LogP contribution in [0.3, 0.4) is 0 Å². The quantitative estimate of drug-likeness (QED) is 0.725. The normalized spacial score (nSPS) is 48.4. The third-order valence-corrected chi connectivity index (χ3v) is 7.10. The average molecular weight is 276 g/mol. The van der Waals surface area contributed by atoms with Crippen LogP contribution in [0.5, 0.6) is 0 Å². The van der Waals surface area contributed by atoms with Crippen LogP contribution in [0, 0.1) is 35.0 Å². The van der Waals surface area contributed by atoms with Crippen molar-refractivity contribution in [1.82, 2.24) is 0 Å². The van der Waals surface area contributed by atoms with Crippen LogP contribution in [0.1, 0.15) is 65.7 Å². The molecule has 0 saturated heterocycles. The first kappa shape index (κ1) is 14.3. The highest BCUT2D eigenvalue weighted by molar-refractivity contribution is 5.82. The Kier molecular flexibility index (Phi) is 3.54. The summed E-state index contributed by atoms with van der Waals surface area (Å²) >= 11 is 0. The van der Waals surface area contributed by atoms with Gasteiger partial charge < -0.3 is 0 Å². The van der Waals surface area contributed by atoms with E-state index in [9.17, 15) is 9.59 Å². The van der Waals surface area contributed by atoms with Crippen LogP contribution in [0.2, 0.25) is 0 Å². The van der Waals surface area contributed by atoms with Crippen LogP contribution in [0.15, 0.2) is 0 Å². The van der Waals surface area contributed by atoms with Crippen LogP contribution in [-0.4, -0.2) is 11.6 Å². The van der Waals surface area contributed by atoms with Gasteiger partial charge in [-0.3, -0.25) is 9.59 Å². The summed E-state index contributed by atoms with van der Waals surface area (Å²) in [5, 5.41) is 0. The highest BCUT2D eigenvalue weighted by Gasteiger charge is 2.54. The molecule has 0 heterocycles. The molecule has 112 valence electrons. The fraction of sp³-hybridized carbons (Fsp3) is 0.889. The Morgan fingerprint density at radius 2 is 1.90 bits per heavy atom. The number of hydrogen-bond donors (Lipinski definition) is 0. The first-order valence-corrected chi connectivity index (χ1v) is 8.48. The fourth-order valence-electron chi connectivity index (χ4n) is 5.99. The maximum atomic E-state index is 12.1. The van der Waals surface area contributed by atoms with Crippen molar-refractivity contribution in [2.24, 2.45) is 35.0 Å². The van der Waals surface area contributed by atoms with E-state index in [0.29, 0.717) is 29.3 Å². The second kappa shape index (κ2) is 4.96. The van der Waals surface area contributed by atoms with Gasteiger partial charge in [0.15, 0.2) is 0 Å².